The minimum absolute atomic E-state index is 0. The first-order chi connectivity index (χ1) is 6.36. The Morgan fingerprint density at radius 3 is 1.67 bits per heavy atom. The van der Waals surface area contributed by atoms with E-state index in [-0.39, 0.29) is 35.0 Å². The summed E-state index contributed by atoms with van der Waals surface area (Å²) in [6.45, 7) is 0. The predicted octanol–water partition coefficient (Wildman–Crippen LogP) is -0.114. The molecule has 2 nitrogen and oxygen atoms in total. The van der Waals surface area contributed by atoms with Crippen molar-refractivity contribution in [1.82, 2.24) is 0 Å². The maximum atomic E-state index is 9.10. The Kier molecular flexibility index (Phi) is 6.29. The van der Waals surface area contributed by atoms with Crippen molar-refractivity contribution in [2.24, 2.45) is 0 Å². The van der Waals surface area contributed by atoms with Gasteiger partial charge in [0.05, 0.1) is 0 Å². The largest absolute Gasteiger partial charge is 1.00 e. The van der Waals surface area contributed by atoms with Crippen molar-refractivity contribution in [3.05, 3.63) is 54.6 Å². The van der Waals surface area contributed by atoms with Crippen LogP contribution in [0.1, 0.15) is 0 Å². The molecular weight excluding hydrogens is 199 g/mol. The fourth-order valence-electron chi connectivity index (χ4n) is 1.28. The molecule has 2 aromatic carbocycles. The Morgan fingerprint density at radius 2 is 1.13 bits per heavy atom. The van der Waals surface area contributed by atoms with Crippen LogP contribution in [0.25, 0.3) is 11.1 Å². The molecule has 72 valence electrons. The van der Waals surface area contributed by atoms with E-state index in [1.54, 1.807) is 12.1 Å². The first-order valence-electron chi connectivity index (χ1n) is 4.21. The summed E-state index contributed by atoms with van der Waals surface area (Å²) < 4.78 is 0. The number of rotatable bonds is 1. The number of benzene rings is 2. The van der Waals surface area contributed by atoms with Crippen molar-refractivity contribution in [3.8, 4) is 16.9 Å². The topological polar surface area (TPSA) is 50.2 Å². The van der Waals surface area contributed by atoms with Crippen LogP contribution in [0, 0.1) is 0 Å². The summed E-state index contributed by atoms with van der Waals surface area (Å²) in [5.74, 6) is 0.305. The van der Waals surface area contributed by atoms with Gasteiger partial charge < -0.3 is 10.6 Å². The second-order valence-corrected chi connectivity index (χ2v) is 2.91. The number of aromatic hydroxyl groups is 1. The van der Waals surface area contributed by atoms with Gasteiger partial charge in [0.15, 0.2) is 0 Å². The SMILES string of the molecule is Oc1ccc(-c2ccccc2)cc1.[Na+].[OH-]. The summed E-state index contributed by atoms with van der Waals surface area (Å²) in [6.07, 6.45) is 0. The quantitative estimate of drug-likeness (QED) is 0.667. The molecule has 0 radical (unpaired) electrons. The molecule has 2 rings (SSSR count). The van der Waals surface area contributed by atoms with Crippen LogP contribution in [0.3, 0.4) is 0 Å². The fourth-order valence-corrected chi connectivity index (χ4v) is 1.28. The van der Waals surface area contributed by atoms with Gasteiger partial charge in [-0.25, -0.2) is 0 Å². The Labute approximate surface area is 111 Å². The van der Waals surface area contributed by atoms with Gasteiger partial charge in [0.25, 0.3) is 0 Å². The van der Waals surface area contributed by atoms with Gasteiger partial charge in [0.1, 0.15) is 5.75 Å². The normalized spacial score (nSPS) is 8.53. The predicted molar refractivity (Wildman–Crippen MR) is 55.5 cm³/mol. The maximum absolute atomic E-state index is 9.10. The molecule has 0 saturated carbocycles. The van der Waals surface area contributed by atoms with E-state index in [1.165, 1.54) is 5.56 Å². The average molecular weight is 210 g/mol. The summed E-state index contributed by atoms with van der Waals surface area (Å²) in [4.78, 5) is 0. The monoisotopic (exact) mass is 210 g/mol. The van der Waals surface area contributed by atoms with Crippen molar-refractivity contribution < 1.29 is 40.1 Å². The summed E-state index contributed by atoms with van der Waals surface area (Å²) in [6, 6.07) is 17.3. The summed E-state index contributed by atoms with van der Waals surface area (Å²) in [7, 11) is 0. The molecule has 3 heteroatoms. The van der Waals surface area contributed by atoms with Crippen molar-refractivity contribution in [3.63, 3.8) is 0 Å². The van der Waals surface area contributed by atoms with E-state index in [4.69, 9.17) is 5.11 Å². The van der Waals surface area contributed by atoms with E-state index in [9.17, 15) is 0 Å². The third-order valence-corrected chi connectivity index (χ3v) is 1.97. The van der Waals surface area contributed by atoms with Crippen LogP contribution < -0.4 is 29.6 Å². The molecule has 0 aliphatic rings. The van der Waals surface area contributed by atoms with E-state index in [2.05, 4.69) is 0 Å². The maximum Gasteiger partial charge on any atom is 1.00 e. The van der Waals surface area contributed by atoms with Crippen molar-refractivity contribution in [1.29, 1.82) is 0 Å². The van der Waals surface area contributed by atoms with Gasteiger partial charge >= 0.3 is 29.6 Å². The van der Waals surface area contributed by atoms with Gasteiger partial charge in [-0.15, -0.1) is 0 Å². The van der Waals surface area contributed by atoms with Crippen LogP contribution in [-0.2, 0) is 0 Å². The fraction of sp³-hybridized carbons (Fsp3) is 0. The molecule has 0 aromatic heterocycles. The zero-order valence-corrected chi connectivity index (χ0v) is 10.6. The smallest absolute Gasteiger partial charge is 0.870 e. The molecule has 2 N–H and O–H groups in total. The Balaban J connectivity index is 0.000000980. The minimum atomic E-state index is 0. The number of phenols is 1. The molecule has 0 atom stereocenters. The number of hydrogen-bond donors (Lipinski definition) is 1. The second-order valence-electron chi connectivity index (χ2n) is 2.91. The molecule has 0 unspecified atom stereocenters. The van der Waals surface area contributed by atoms with Gasteiger partial charge in [-0.2, -0.15) is 0 Å². The molecule has 0 fully saturated rings. The molecular formula is C12H11NaO2. The van der Waals surface area contributed by atoms with E-state index in [1.807, 2.05) is 42.5 Å². The Hall–Kier alpha value is -0.800. The zero-order chi connectivity index (χ0) is 9.10. The van der Waals surface area contributed by atoms with E-state index < -0.39 is 0 Å². The number of phenolic OH excluding ortho intramolecular Hbond substituents is 1. The minimum Gasteiger partial charge on any atom is -0.870 e. The molecule has 0 heterocycles. The van der Waals surface area contributed by atoms with E-state index >= 15 is 0 Å². The van der Waals surface area contributed by atoms with Crippen molar-refractivity contribution in [2.45, 2.75) is 0 Å². The van der Waals surface area contributed by atoms with Crippen LogP contribution in [0.5, 0.6) is 5.75 Å². The Bertz CT molecular complexity index is 384. The van der Waals surface area contributed by atoms with E-state index in [0.29, 0.717) is 5.75 Å². The molecule has 0 saturated heterocycles. The van der Waals surface area contributed by atoms with Crippen molar-refractivity contribution in [2.75, 3.05) is 0 Å². The molecule has 0 amide bonds. The zero-order valence-electron chi connectivity index (χ0n) is 8.59. The summed E-state index contributed by atoms with van der Waals surface area (Å²) >= 11 is 0. The van der Waals surface area contributed by atoms with Crippen LogP contribution in [0.2, 0.25) is 0 Å². The van der Waals surface area contributed by atoms with Crippen LogP contribution in [0.15, 0.2) is 54.6 Å². The standard InChI is InChI=1S/C12H10O.Na.H2O/c13-12-8-6-11(7-9-12)10-4-2-1-3-5-10;;/h1-9,13H;;1H2/q;+1;/p-1. The van der Waals surface area contributed by atoms with Crippen molar-refractivity contribution >= 4 is 0 Å². The first-order valence-corrected chi connectivity index (χ1v) is 4.21. The third-order valence-electron chi connectivity index (χ3n) is 1.97. The van der Waals surface area contributed by atoms with Crippen LogP contribution in [0.4, 0.5) is 0 Å². The average Bonchev–Trinajstić information content (AvgIpc) is 2.20. The molecule has 15 heavy (non-hydrogen) atoms. The molecule has 0 spiro atoms. The molecule has 0 aliphatic heterocycles. The van der Waals surface area contributed by atoms with Gasteiger partial charge in [-0.3, -0.25) is 0 Å². The van der Waals surface area contributed by atoms with Gasteiger partial charge in [-0.1, -0.05) is 42.5 Å². The van der Waals surface area contributed by atoms with Gasteiger partial charge in [0.2, 0.25) is 0 Å². The second kappa shape index (κ2) is 6.64. The summed E-state index contributed by atoms with van der Waals surface area (Å²) in [5, 5.41) is 9.10. The molecule has 0 bridgehead atoms. The van der Waals surface area contributed by atoms with Gasteiger partial charge in [-0.05, 0) is 23.3 Å². The molecule has 2 aromatic rings. The number of hydrogen-bond acceptors (Lipinski definition) is 2. The first kappa shape index (κ1) is 14.2. The third kappa shape index (κ3) is 3.68. The van der Waals surface area contributed by atoms with Crippen LogP contribution in [-0.4, -0.2) is 10.6 Å². The van der Waals surface area contributed by atoms with Crippen LogP contribution >= 0.6 is 0 Å². The summed E-state index contributed by atoms with van der Waals surface area (Å²) in [5.41, 5.74) is 2.29. The Morgan fingerprint density at radius 1 is 0.667 bits per heavy atom. The molecule has 0 aliphatic carbocycles. The van der Waals surface area contributed by atoms with E-state index in [0.717, 1.165) is 5.56 Å². The van der Waals surface area contributed by atoms with Gasteiger partial charge in [0, 0.05) is 0 Å².